The van der Waals surface area contributed by atoms with Crippen molar-refractivity contribution in [3.05, 3.63) is 29.6 Å². The quantitative estimate of drug-likeness (QED) is 0.628. The van der Waals surface area contributed by atoms with E-state index in [9.17, 15) is 14.3 Å². The maximum Gasteiger partial charge on any atom is 0.251 e. The van der Waals surface area contributed by atoms with Gasteiger partial charge in [-0.25, -0.2) is 4.39 Å². The number of unbranched alkanes of at least 4 members (excludes halogenated alkanes) is 7. The van der Waals surface area contributed by atoms with Gasteiger partial charge in [0.25, 0.3) is 5.91 Å². The molecular formula is C17H26FNO2. The lowest BCUT2D eigenvalue weighted by molar-refractivity contribution is 0.0952. The summed E-state index contributed by atoms with van der Waals surface area (Å²) >= 11 is 0. The summed E-state index contributed by atoms with van der Waals surface area (Å²) in [5, 5.41) is 12.0. The van der Waals surface area contributed by atoms with Crippen LogP contribution in [0.1, 0.15) is 68.6 Å². The Morgan fingerprint density at radius 1 is 1.10 bits per heavy atom. The zero-order valence-corrected chi connectivity index (χ0v) is 12.8. The molecule has 0 aliphatic carbocycles. The zero-order chi connectivity index (χ0) is 15.5. The molecule has 1 aromatic carbocycles. The zero-order valence-electron chi connectivity index (χ0n) is 12.8. The van der Waals surface area contributed by atoms with Gasteiger partial charge in [-0.3, -0.25) is 4.79 Å². The van der Waals surface area contributed by atoms with Crippen molar-refractivity contribution in [3.8, 4) is 5.75 Å². The third-order valence-electron chi connectivity index (χ3n) is 3.52. The first-order valence-corrected chi connectivity index (χ1v) is 7.92. The summed E-state index contributed by atoms with van der Waals surface area (Å²) < 4.78 is 12.9. The third kappa shape index (κ3) is 7.11. The fourth-order valence-corrected chi connectivity index (χ4v) is 2.22. The second-order valence-electron chi connectivity index (χ2n) is 5.40. The van der Waals surface area contributed by atoms with Crippen molar-refractivity contribution in [1.29, 1.82) is 0 Å². The molecule has 0 bridgehead atoms. The molecule has 0 heterocycles. The first-order chi connectivity index (χ1) is 10.1. The summed E-state index contributed by atoms with van der Waals surface area (Å²) in [5.41, 5.74) is 0.286. The Kier molecular flexibility index (Phi) is 8.48. The molecule has 0 atom stereocenters. The number of nitrogens with one attached hydrogen (secondary N) is 1. The van der Waals surface area contributed by atoms with E-state index in [1.807, 2.05) is 0 Å². The molecule has 1 aromatic rings. The van der Waals surface area contributed by atoms with Crippen LogP contribution in [0.3, 0.4) is 0 Å². The topological polar surface area (TPSA) is 49.3 Å². The lowest BCUT2D eigenvalue weighted by atomic mass is 10.1. The highest BCUT2D eigenvalue weighted by Crippen LogP contribution is 2.16. The molecule has 0 saturated carbocycles. The number of benzene rings is 1. The highest BCUT2D eigenvalue weighted by Gasteiger charge is 2.08. The average molecular weight is 295 g/mol. The number of hydrogen-bond acceptors (Lipinski definition) is 2. The summed E-state index contributed by atoms with van der Waals surface area (Å²) in [7, 11) is 0. The van der Waals surface area contributed by atoms with Crippen LogP contribution in [-0.2, 0) is 0 Å². The minimum Gasteiger partial charge on any atom is -0.505 e. The molecule has 0 aliphatic heterocycles. The van der Waals surface area contributed by atoms with E-state index in [0.29, 0.717) is 6.54 Å². The first-order valence-electron chi connectivity index (χ1n) is 7.92. The lowest BCUT2D eigenvalue weighted by Crippen LogP contribution is -2.24. The second-order valence-corrected chi connectivity index (χ2v) is 5.40. The van der Waals surface area contributed by atoms with E-state index in [0.717, 1.165) is 25.0 Å². The summed E-state index contributed by atoms with van der Waals surface area (Å²) in [6.07, 6.45) is 9.74. The van der Waals surface area contributed by atoms with Crippen LogP contribution in [0.25, 0.3) is 0 Å². The molecule has 0 spiro atoms. The number of phenols is 1. The van der Waals surface area contributed by atoms with Crippen LogP contribution >= 0.6 is 0 Å². The fourth-order valence-electron chi connectivity index (χ4n) is 2.22. The van der Waals surface area contributed by atoms with Crippen LogP contribution in [0.5, 0.6) is 5.75 Å². The Balaban J connectivity index is 2.09. The molecule has 118 valence electrons. The van der Waals surface area contributed by atoms with Crippen LogP contribution in [0.4, 0.5) is 4.39 Å². The van der Waals surface area contributed by atoms with Crippen molar-refractivity contribution in [2.75, 3.05) is 6.54 Å². The number of amides is 1. The van der Waals surface area contributed by atoms with Gasteiger partial charge in [-0.2, -0.15) is 0 Å². The fraction of sp³-hybridized carbons (Fsp3) is 0.588. The van der Waals surface area contributed by atoms with E-state index < -0.39 is 11.6 Å². The van der Waals surface area contributed by atoms with E-state index in [4.69, 9.17) is 0 Å². The van der Waals surface area contributed by atoms with Crippen LogP contribution in [0, 0.1) is 5.82 Å². The number of hydrogen-bond donors (Lipinski definition) is 2. The van der Waals surface area contributed by atoms with E-state index >= 15 is 0 Å². The first kappa shape index (κ1) is 17.5. The maximum atomic E-state index is 12.9. The van der Waals surface area contributed by atoms with Gasteiger partial charge in [0.1, 0.15) is 0 Å². The minimum absolute atomic E-state index is 0.270. The predicted octanol–water partition coefficient (Wildman–Crippen LogP) is 4.40. The monoisotopic (exact) mass is 295 g/mol. The Morgan fingerprint density at radius 2 is 1.71 bits per heavy atom. The normalized spacial score (nSPS) is 10.6. The van der Waals surface area contributed by atoms with Crippen LogP contribution in [0.2, 0.25) is 0 Å². The molecule has 0 fully saturated rings. The van der Waals surface area contributed by atoms with Crippen LogP contribution < -0.4 is 5.32 Å². The standard InChI is InChI=1S/C17H26FNO2/c1-2-3-4-5-6-7-8-9-12-19-17(21)14-10-11-15(18)16(20)13-14/h10-11,13,20H,2-9,12H2,1H3,(H,19,21). The molecule has 0 aromatic heterocycles. The van der Waals surface area contributed by atoms with E-state index in [1.165, 1.54) is 44.6 Å². The number of rotatable bonds is 10. The summed E-state index contributed by atoms with van der Waals surface area (Å²) in [6.45, 7) is 2.83. The number of aromatic hydroxyl groups is 1. The van der Waals surface area contributed by atoms with E-state index in [-0.39, 0.29) is 11.5 Å². The van der Waals surface area contributed by atoms with Crippen molar-refractivity contribution in [2.45, 2.75) is 58.3 Å². The van der Waals surface area contributed by atoms with Crippen molar-refractivity contribution in [2.24, 2.45) is 0 Å². The molecule has 1 amide bonds. The number of carbonyl (C=O) groups is 1. The molecule has 21 heavy (non-hydrogen) atoms. The molecule has 1 rings (SSSR count). The SMILES string of the molecule is CCCCCCCCCCNC(=O)c1ccc(F)c(O)c1. The van der Waals surface area contributed by atoms with Crippen molar-refractivity contribution >= 4 is 5.91 Å². The largest absolute Gasteiger partial charge is 0.505 e. The summed E-state index contributed by atoms with van der Waals surface area (Å²) in [4.78, 5) is 11.8. The molecular weight excluding hydrogens is 269 g/mol. The highest BCUT2D eigenvalue weighted by atomic mass is 19.1. The van der Waals surface area contributed by atoms with Crippen molar-refractivity contribution in [1.82, 2.24) is 5.32 Å². The molecule has 0 radical (unpaired) electrons. The number of phenolic OH excluding ortho intramolecular Hbond substituents is 1. The Bertz CT molecular complexity index is 435. The summed E-state index contributed by atoms with van der Waals surface area (Å²) in [6, 6.07) is 3.62. The molecule has 0 aliphatic rings. The van der Waals surface area contributed by atoms with Gasteiger partial charge in [-0.05, 0) is 24.6 Å². The van der Waals surface area contributed by atoms with Gasteiger partial charge in [0.05, 0.1) is 0 Å². The van der Waals surface area contributed by atoms with Crippen LogP contribution in [0.15, 0.2) is 18.2 Å². The molecule has 0 saturated heterocycles. The Hall–Kier alpha value is -1.58. The Labute approximate surface area is 126 Å². The predicted molar refractivity (Wildman–Crippen MR) is 83.0 cm³/mol. The maximum absolute atomic E-state index is 12.9. The van der Waals surface area contributed by atoms with Gasteiger partial charge in [-0.1, -0.05) is 51.9 Å². The van der Waals surface area contributed by atoms with Gasteiger partial charge in [-0.15, -0.1) is 0 Å². The van der Waals surface area contributed by atoms with Crippen LogP contribution in [-0.4, -0.2) is 17.6 Å². The number of carbonyl (C=O) groups excluding carboxylic acids is 1. The van der Waals surface area contributed by atoms with Gasteiger partial charge in [0.2, 0.25) is 0 Å². The van der Waals surface area contributed by atoms with E-state index in [2.05, 4.69) is 12.2 Å². The number of halogens is 1. The molecule has 4 heteroatoms. The third-order valence-corrected chi connectivity index (χ3v) is 3.52. The molecule has 0 unspecified atom stereocenters. The van der Waals surface area contributed by atoms with Gasteiger partial charge in [0, 0.05) is 12.1 Å². The second kappa shape index (κ2) is 10.2. The average Bonchev–Trinajstić information content (AvgIpc) is 2.48. The lowest BCUT2D eigenvalue weighted by Gasteiger charge is -2.06. The van der Waals surface area contributed by atoms with Crippen molar-refractivity contribution < 1.29 is 14.3 Å². The minimum atomic E-state index is -0.713. The van der Waals surface area contributed by atoms with Crippen molar-refractivity contribution in [3.63, 3.8) is 0 Å². The van der Waals surface area contributed by atoms with Gasteiger partial charge in [0.15, 0.2) is 11.6 Å². The summed E-state index contributed by atoms with van der Waals surface area (Å²) in [5.74, 6) is -1.47. The molecule has 2 N–H and O–H groups in total. The van der Waals surface area contributed by atoms with Gasteiger partial charge >= 0.3 is 0 Å². The van der Waals surface area contributed by atoms with E-state index in [1.54, 1.807) is 0 Å². The smallest absolute Gasteiger partial charge is 0.251 e. The highest BCUT2D eigenvalue weighted by molar-refractivity contribution is 5.94. The van der Waals surface area contributed by atoms with Gasteiger partial charge < -0.3 is 10.4 Å². The Morgan fingerprint density at radius 3 is 2.33 bits per heavy atom. The molecule has 3 nitrogen and oxygen atoms in total.